The molecule has 0 bridgehead atoms. The van der Waals surface area contributed by atoms with Crippen LogP contribution in [0, 0.1) is 0 Å². The Kier molecular flexibility index (Phi) is 1.10. The summed E-state index contributed by atoms with van der Waals surface area (Å²) in [5, 5.41) is 8.95. The largest absolute Gasteiger partial charge is 0.387 e. The molecule has 1 aliphatic rings. The lowest BCUT2D eigenvalue weighted by atomic mass is 10.5. The molecule has 0 amide bonds. The lowest BCUT2D eigenvalue weighted by molar-refractivity contribution is -0.883. The van der Waals surface area contributed by atoms with Gasteiger partial charge in [0.1, 0.15) is 12.1 Å². The van der Waals surface area contributed by atoms with Crippen LogP contribution in [0.4, 0.5) is 0 Å². The van der Waals surface area contributed by atoms with Crippen molar-refractivity contribution in [1.29, 1.82) is 0 Å². The first kappa shape index (κ1) is 6.05. The predicted octanol–water partition coefficient (Wildman–Crippen LogP) is -0.174. The molecule has 48 valence electrons. The third kappa shape index (κ3) is 1.01. The number of rotatable bonds is 1. The fraction of sp³-hybridized carbons (Fsp3) is 1.00. The molecule has 1 rings (SSSR count). The normalized spacial score (nSPS) is 37.5. The van der Waals surface area contributed by atoms with Gasteiger partial charge in [0.25, 0.3) is 0 Å². The summed E-state index contributed by atoms with van der Waals surface area (Å²) in [6.45, 7) is 0. The van der Waals surface area contributed by atoms with Gasteiger partial charge in [-0.3, -0.25) is 0 Å². The molecule has 8 heavy (non-hydrogen) atoms. The zero-order valence-corrected chi connectivity index (χ0v) is 5.76. The van der Waals surface area contributed by atoms with Crippen LogP contribution in [0.25, 0.3) is 0 Å². The molecule has 0 aliphatic heterocycles. The van der Waals surface area contributed by atoms with E-state index in [2.05, 4.69) is 21.1 Å². The van der Waals surface area contributed by atoms with Crippen molar-refractivity contribution in [3.05, 3.63) is 0 Å². The van der Waals surface area contributed by atoms with Crippen molar-refractivity contribution in [3.63, 3.8) is 0 Å². The minimum absolute atomic E-state index is 0.0185. The molecule has 0 aromatic carbocycles. The molecule has 0 spiro atoms. The second kappa shape index (κ2) is 1.45. The van der Waals surface area contributed by atoms with Crippen molar-refractivity contribution < 1.29 is 9.59 Å². The van der Waals surface area contributed by atoms with E-state index in [1.54, 1.807) is 0 Å². The Morgan fingerprint density at radius 1 is 1.38 bits per heavy atom. The molecule has 1 saturated carbocycles. The Morgan fingerprint density at radius 2 is 1.75 bits per heavy atom. The van der Waals surface area contributed by atoms with E-state index in [4.69, 9.17) is 5.11 Å². The quantitative estimate of drug-likeness (QED) is 0.471. The second-order valence-electron chi connectivity index (χ2n) is 3.49. The van der Waals surface area contributed by atoms with E-state index in [1.807, 2.05) is 0 Å². The Balaban J connectivity index is 2.39. The molecule has 1 aliphatic carbocycles. The van der Waals surface area contributed by atoms with Gasteiger partial charge in [0.2, 0.25) is 0 Å². The van der Waals surface area contributed by atoms with E-state index in [0.29, 0.717) is 6.04 Å². The van der Waals surface area contributed by atoms with Crippen molar-refractivity contribution in [3.8, 4) is 0 Å². The first-order valence-corrected chi connectivity index (χ1v) is 3.01. The van der Waals surface area contributed by atoms with Gasteiger partial charge in [0.15, 0.2) is 0 Å². The average Bonchev–Trinajstić information content (AvgIpc) is 2.13. The van der Waals surface area contributed by atoms with Gasteiger partial charge in [-0.2, -0.15) is 0 Å². The van der Waals surface area contributed by atoms with Gasteiger partial charge in [-0.1, -0.05) is 0 Å². The van der Waals surface area contributed by atoms with Gasteiger partial charge in [0.05, 0.1) is 21.1 Å². The van der Waals surface area contributed by atoms with Crippen LogP contribution in [0.5, 0.6) is 0 Å². The fourth-order valence-electron chi connectivity index (χ4n) is 1.00. The summed E-state index contributed by atoms with van der Waals surface area (Å²) in [4.78, 5) is 0. The summed E-state index contributed by atoms with van der Waals surface area (Å²) in [6, 6.07) is 0.509. The molecule has 0 radical (unpaired) electrons. The van der Waals surface area contributed by atoms with Crippen LogP contribution in [-0.2, 0) is 0 Å². The van der Waals surface area contributed by atoms with Gasteiger partial charge in [-0.15, -0.1) is 0 Å². The molecule has 2 heteroatoms. The van der Waals surface area contributed by atoms with Crippen molar-refractivity contribution in [2.75, 3.05) is 21.1 Å². The highest BCUT2D eigenvalue weighted by Gasteiger charge is 2.46. The van der Waals surface area contributed by atoms with E-state index >= 15 is 0 Å². The zero-order chi connectivity index (χ0) is 6.36. The van der Waals surface area contributed by atoms with Gasteiger partial charge in [-0.05, 0) is 0 Å². The summed E-state index contributed by atoms with van der Waals surface area (Å²) in [5.41, 5.74) is 0. The topological polar surface area (TPSA) is 20.2 Å². The molecule has 1 fully saturated rings. The SMILES string of the molecule is C[N+](C)(C)C1CC1O. The molecule has 0 saturated heterocycles. The standard InChI is InChI=1S/C6H14NO/c1-7(2,3)5-4-6(5)8/h5-6,8H,4H2,1-3H3/q+1. The zero-order valence-electron chi connectivity index (χ0n) is 5.76. The van der Waals surface area contributed by atoms with Gasteiger partial charge >= 0.3 is 0 Å². The highest BCUT2D eigenvalue weighted by molar-refractivity contribution is 4.86. The Labute approximate surface area is 50.3 Å². The smallest absolute Gasteiger partial charge is 0.118 e. The molecule has 1 N–H and O–H groups in total. The first-order valence-electron chi connectivity index (χ1n) is 3.01. The highest BCUT2D eigenvalue weighted by Crippen LogP contribution is 2.29. The average molecular weight is 116 g/mol. The number of aliphatic hydroxyl groups is 1. The molecule has 0 heterocycles. The van der Waals surface area contributed by atoms with Crippen molar-refractivity contribution in [2.24, 2.45) is 0 Å². The maximum absolute atomic E-state index is 8.95. The summed E-state index contributed by atoms with van der Waals surface area (Å²) < 4.78 is 0.904. The van der Waals surface area contributed by atoms with Gasteiger partial charge in [-0.25, -0.2) is 0 Å². The molecule has 2 nitrogen and oxygen atoms in total. The molecular formula is C6H14NO+. The van der Waals surface area contributed by atoms with Crippen LogP contribution in [0.2, 0.25) is 0 Å². The number of hydrogen-bond acceptors (Lipinski definition) is 1. The molecule has 2 unspecified atom stereocenters. The van der Waals surface area contributed by atoms with E-state index < -0.39 is 0 Å². The predicted molar refractivity (Wildman–Crippen MR) is 32.4 cm³/mol. The lowest BCUT2D eigenvalue weighted by Crippen LogP contribution is -2.38. The first-order chi connectivity index (χ1) is 3.52. The summed E-state index contributed by atoms with van der Waals surface area (Å²) in [6.07, 6.45) is 0.971. The van der Waals surface area contributed by atoms with E-state index in [0.717, 1.165) is 10.9 Å². The van der Waals surface area contributed by atoms with Crippen LogP contribution in [0.15, 0.2) is 0 Å². The van der Waals surface area contributed by atoms with Crippen LogP contribution in [-0.4, -0.2) is 42.9 Å². The summed E-state index contributed by atoms with van der Waals surface area (Å²) in [7, 11) is 6.34. The van der Waals surface area contributed by atoms with Gasteiger partial charge < -0.3 is 9.59 Å². The highest BCUT2D eigenvalue weighted by atomic mass is 16.3. The third-order valence-corrected chi connectivity index (χ3v) is 1.72. The van der Waals surface area contributed by atoms with Gasteiger partial charge in [0, 0.05) is 6.42 Å². The van der Waals surface area contributed by atoms with Crippen LogP contribution in [0.3, 0.4) is 0 Å². The number of nitrogens with zero attached hydrogens (tertiary/aromatic N) is 1. The van der Waals surface area contributed by atoms with Crippen LogP contribution >= 0.6 is 0 Å². The minimum atomic E-state index is -0.0185. The number of aliphatic hydroxyl groups excluding tert-OH is 1. The van der Waals surface area contributed by atoms with E-state index in [1.165, 1.54) is 0 Å². The maximum Gasteiger partial charge on any atom is 0.118 e. The van der Waals surface area contributed by atoms with Crippen molar-refractivity contribution in [2.45, 2.75) is 18.6 Å². The molecule has 2 atom stereocenters. The van der Waals surface area contributed by atoms with E-state index in [-0.39, 0.29) is 6.10 Å². The maximum atomic E-state index is 8.95. The third-order valence-electron chi connectivity index (χ3n) is 1.72. The summed E-state index contributed by atoms with van der Waals surface area (Å²) in [5.74, 6) is 0. The van der Waals surface area contributed by atoms with Crippen LogP contribution in [0.1, 0.15) is 6.42 Å². The number of likely N-dealkylation sites (N-methyl/N-ethyl adjacent to an activating group) is 1. The summed E-state index contributed by atoms with van der Waals surface area (Å²) >= 11 is 0. The fourth-order valence-corrected chi connectivity index (χ4v) is 1.00. The van der Waals surface area contributed by atoms with Crippen LogP contribution < -0.4 is 0 Å². The minimum Gasteiger partial charge on any atom is -0.387 e. The second-order valence-corrected chi connectivity index (χ2v) is 3.49. The Bertz CT molecular complexity index is 95.2. The Hall–Kier alpha value is -0.0800. The monoisotopic (exact) mass is 116 g/mol. The lowest BCUT2D eigenvalue weighted by Gasteiger charge is -2.23. The Morgan fingerprint density at radius 3 is 1.75 bits per heavy atom. The van der Waals surface area contributed by atoms with Crippen molar-refractivity contribution >= 4 is 0 Å². The van der Waals surface area contributed by atoms with Crippen molar-refractivity contribution in [1.82, 2.24) is 0 Å². The number of hydrogen-bond donors (Lipinski definition) is 1. The van der Waals surface area contributed by atoms with E-state index in [9.17, 15) is 0 Å². The number of quaternary nitrogens is 1. The molecule has 0 aromatic heterocycles. The molecule has 0 aromatic rings. The molecular weight excluding hydrogens is 102 g/mol.